The fourth-order valence-corrected chi connectivity index (χ4v) is 4.23. The van der Waals surface area contributed by atoms with Crippen LogP contribution in [0.5, 0.6) is 11.8 Å². The van der Waals surface area contributed by atoms with E-state index in [2.05, 4.69) is 33.3 Å². The van der Waals surface area contributed by atoms with Gasteiger partial charge in [-0.25, -0.2) is 4.98 Å². The molecule has 1 fully saturated rings. The number of nitrogens with zero attached hydrogens (tertiary/aromatic N) is 5. The number of fused-ring (bicyclic) bond motifs is 1. The first-order chi connectivity index (χ1) is 15.6. The number of hydrogen-bond donors (Lipinski definition) is 1. The molecule has 3 aromatic heterocycles. The van der Waals surface area contributed by atoms with Gasteiger partial charge in [0.05, 0.1) is 25.2 Å². The molecule has 0 aliphatic carbocycles. The van der Waals surface area contributed by atoms with Crippen molar-refractivity contribution in [3.8, 4) is 17.4 Å². The molecular formula is C23H28N6O3. The molecule has 0 bridgehead atoms. The number of aromatic nitrogens is 4. The highest BCUT2D eigenvalue weighted by Gasteiger charge is 2.32. The van der Waals surface area contributed by atoms with E-state index in [9.17, 15) is 0 Å². The Balaban J connectivity index is 1.38. The monoisotopic (exact) mass is 436 g/mol. The zero-order valence-electron chi connectivity index (χ0n) is 18.6. The number of nitrogens with one attached hydrogen (secondary N) is 1. The van der Waals surface area contributed by atoms with Crippen LogP contribution in [-0.4, -0.2) is 63.9 Å². The molecule has 5 rings (SSSR count). The van der Waals surface area contributed by atoms with Gasteiger partial charge in [0.1, 0.15) is 23.4 Å². The van der Waals surface area contributed by atoms with Gasteiger partial charge in [0, 0.05) is 31.5 Å². The maximum atomic E-state index is 6.34. The number of hydrogen-bond acceptors (Lipinski definition) is 8. The molecule has 2 atom stereocenters. The summed E-state index contributed by atoms with van der Waals surface area (Å²) in [6.07, 6.45) is 5.87. The summed E-state index contributed by atoms with van der Waals surface area (Å²) in [5, 5.41) is 3.28. The van der Waals surface area contributed by atoms with Gasteiger partial charge in [-0.2, -0.15) is 9.97 Å². The Labute approximate surface area is 187 Å². The van der Waals surface area contributed by atoms with Crippen LogP contribution in [0.25, 0.3) is 5.69 Å². The second kappa shape index (κ2) is 8.76. The molecule has 2 unspecified atom stereocenters. The standard InChI is InChI=1S/C23H28N6O3/c1-15-11-29(14-24-15)17-7-9-21(27-23(17)30-3)25-20-8-6-16-12-28(2)13-19(32-22(16)26-20)18-5-4-10-31-18/h6-9,11,14,18-19H,4-5,10,12-13H2,1-3H3,(H,25,26,27). The molecule has 2 aliphatic rings. The number of rotatable bonds is 5. The lowest BCUT2D eigenvalue weighted by molar-refractivity contribution is 0.00124. The first kappa shape index (κ1) is 20.7. The summed E-state index contributed by atoms with van der Waals surface area (Å²) in [6.45, 7) is 4.35. The first-order valence-electron chi connectivity index (χ1n) is 10.9. The quantitative estimate of drug-likeness (QED) is 0.653. The SMILES string of the molecule is COc1nc(Nc2ccc3c(n2)OC(C2CCCO2)CN(C)C3)ccc1-n1cnc(C)c1. The fourth-order valence-electron chi connectivity index (χ4n) is 4.23. The molecule has 0 aromatic carbocycles. The number of anilines is 2. The van der Waals surface area contributed by atoms with Crippen LogP contribution in [0.3, 0.4) is 0 Å². The lowest BCUT2D eigenvalue weighted by Crippen LogP contribution is -2.39. The van der Waals surface area contributed by atoms with Crippen molar-refractivity contribution in [3.63, 3.8) is 0 Å². The summed E-state index contributed by atoms with van der Waals surface area (Å²) in [6, 6.07) is 7.84. The third kappa shape index (κ3) is 4.26. The number of pyridine rings is 2. The predicted octanol–water partition coefficient (Wildman–Crippen LogP) is 3.09. The zero-order valence-corrected chi connectivity index (χ0v) is 18.6. The topological polar surface area (TPSA) is 86.6 Å². The minimum absolute atomic E-state index is 0.0253. The van der Waals surface area contributed by atoms with Crippen molar-refractivity contribution in [2.24, 2.45) is 0 Å². The van der Waals surface area contributed by atoms with Crippen LogP contribution in [0, 0.1) is 6.92 Å². The van der Waals surface area contributed by atoms with Gasteiger partial charge < -0.3 is 24.1 Å². The van der Waals surface area contributed by atoms with E-state index >= 15 is 0 Å². The minimum Gasteiger partial charge on any atom is -0.479 e. The summed E-state index contributed by atoms with van der Waals surface area (Å²) in [4.78, 5) is 15.9. The molecule has 0 radical (unpaired) electrons. The third-order valence-corrected chi connectivity index (χ3v) is 5.79. The maximum absolute atomic E-state index is 6.34. The lowest BCUT2D eigenvalue weighted by atomic mass is 10.1. The number of imidazole rings is 1. The van der Waals surface area contributed by atoms with Gasteiger partial charge in [-0.1, -0.05) is 0 Å². The van der Waals surface area contributed by atoms with Gasteiger partial charge in [0.25, 0.3) is 0 Å². The van der Waals surface area contributed by atoms with Crippen molar-refractivity contribution in [2.45, 2.75) is 38.5 Å². The second-order valence-electron chi connectivity index (χ2n) is 8.34. The highest BCUT2D eigenvalue weighted by atomic mass is 16.5. The summed E-state index contributed by atoms with van der Waals surface area (Å²) in [5.41, 5.74) is 2.81. The number of aryl methyl sites for hydroxylation is 1. The molecule has 0 amide bonds. The number of likely N-dealkylation sites (N-methyl/N-ethyl adjacent to an activating group) is 1. The molecule has 0 spiro atoms. The molecular weight excluding hydrogens is 408 g/mol. The van der Waals surface area contributed by atoms with Crippen LogP contribution < -0.4 is 14.8 Å². The van der Waals surface area contributed by atoms with Crippen molar-refractivity contribution in [2.75, 3.05) is 32.6 Å². The van der Waals surface area contributed by atoms with E-state index in [1.54, 1.807) is 13.4 Å². The Morgan fingerprint density at radius 2 is 1.97 bits per heavy atom. The van der Waals surface area contributed by atoms with Crippen LogP contribution in [-0.2, 0) is 11.3 Å². The summed E-state index contributed by atoms with van der Waals surface area (Å²) in [7, 11) is 3.71. The van der Waals surface area contributed by atoms with Crippen LogP contribution in [0.15, 0.2) is 36.8 Å². The summed E-state index contributed by atoms with van der Waals surface area (Å²) in [5.74, 6) is 2.45. The normalized spacial score (nSPS) is 21.0. The first-order valence-corrected chi connectivity index (χ1v) is 10.9. The van der Waals surface area contributed by atoms with Crippen LogP contribution in [0.1, 0.15) is 24.1 Å². The largest absolute Gasteiger partial charge is 0.479 e. The van der Waals surface area contributed by atoms with Gasteiger partial charge in [-0.15, -0.1) is 0 Å². The van der Waals surface area contributed by atoms with Crippen molar-refractivity contribution >= 4 is 11.6 Å². The van der Waals surface area contributed by atoms with E-state index in [4.69, 9.17) is 19.2 Å². The highest BCUT2D eigenvalue weighted by molar-refractivity contribution is 5.57. The highest BCUT2D eigenvalue weighted by Crippen LogP contribution is 2.30. The average Bonchev–Trinajstić information content (AvgIpc) is 3.44. The van der Waals surface area contributed by atoms with Gasteiger partial charge in [-0.3, -0.25) is 4.90 Å². The van der Waals surface area contributed by atoms with Crippen molar-refractivity contribution in [1.82, 2.24) is 24.4 Å². The molecule has 0 saturated carbocycles. The number of ether oxygens (including phenoxy) is 3. The average molecular weight is 437 g/mol. The van der Waals surface area contributed by atoms with E-state index in [1.165, 1.54) is 0 Å². The molecule has 9 nitrogen and oxygen atoms in total. The van der Waals surface area contributed by atoms with Crippen LogP contribution >= 0.6 is 0 Å². The molecule has 168 valence electrons. The minimum atomic E-state index is -0.0253. The van der Waals surface area contributed by atoms with Crippen molar-refractivity contribution in [1.29, 1.82) is 0 Å². The van der Waals surface area contributed by atoms with E-state index in [0.29, 0.717) is 23.4 Å². The second-order valence-corrected chi connectivity index (χ2v) is 8.34. The van der Waals surface area contributed by atoms with E-state index in [0.717, 1.165) is 49.5 Å². The molecule has 9 heteroatoms. The van der Waals surface area contributed by atoms with E-state index in [-0.39, 0.29) is 12.2 Å². The molecule has 2 aliphatic heterocycles. The molecule has 5 heterocycles. The van der Waals surface area contributed by atoms with Crippen LogP contribution in [0.2, 0.25) is 0 Å². The molecule has 3 aromatic rings. The predicted molar refractivity (Wildman–Crippen MR) is 120 cm³/mol. The van der Waals surface area contributed by atoms with Gasteiger partial charge in [-0.05, 0) is 51.1 Å². The Hall–Kier alpha value is -3.17. The van der Waals surface area contributed by atoms with Crippen molar-refractivity contribution in [3.05, 3.63) is 48.0 Å². The third-order valence-electron chi connectivity index (χ3n) is 5.79. The molecule has 1 N–H and O–H groups in total. The summed E-state index contributed by atoms with van der Waals surface area (Å²) < 4.78 is 19.6. The Morgan fingerprint density at radius 3 is 2.72 bits per heavy atom. The van der Waals surface area contributed by atoms with Gasteiger partial charge in [0.15, 0.2) is 0 Å². The molecule has 32 heavy (non-hydrogen) atoms. The maximum Gasteiger partial charge on any atom is 0.240 e. The Morgan fingerprint density at radius 1 is 1.12 bits per heavy atom. The van der Waals surface area contributed by atoms with Crippen LogP contribution in [0.4, 0.5) is 11.6 Å². The Bertz CT molecular complexity index is 1100. The summed E-state index contributed by atoms with van der Waals surface area (Å²) >= 11 is 0. The van der Waals surface area contributed by atoms with Crippen molar-refractivity contribution < 1.29 is 14.2 Å². The zero-order chi connectivity index (χ0) is 22.1. The molecule has 1 saturated heterocycles. The lowest BCUT2D eigenvalue weighted by Gasteiger charge is -2.24. The van der Waals surface area contributed by atoms with E-state index in [1.807, 2.05) is 35.9 Å². The van der Waals surface area contributed by atoms with Gasteiger partial charge >= 0.3 is 0 Å². The smallest absolute Gasteiger partial charge is 0.240 e. The fraction of sp³-hybridized carbons (Fsp3) is 0.435. The van der Waals surface area contributed by atoms with Gasteiger partial charge in [0.2, 0.25) is 11.8 Å². The Kier molecular flexibility index (Phi) is 5.67. The number of methoxy groups -OCH3 is 1. The van der Waals surface area contributed by atoms with E-state index < -0.39 is 0 Å².